The smallest absolute Gasteiger partial charge is 0.312 e. The summed E-state index contributed by atoms with van der Waals surface area (Å²) in [7, 11) is 0. The van der Waals surface area contributed by atoms with Crippen molar-refractivity contribution in [1.82, 2.24) is 4.98 Å². The molecule has 2 heterocycles. The third-order valence-corrected chi connectivity index (χ3v) is 3.73. The molecular weight excluding hydrogens is 294 g/mol. The average Bonchev–Trinajstić information content (AvgIpc) is 3.17. The van der Waals surface area contributed by atoms with Gasteiger partial charge in [-0.05, 0) is 37.6 Å². The Bertz CT molecular complexity index is 800. The van der Waals surface area contributed by atoms with Crippen molar-refractivity contribution in [2.75, 3.05) is 0 Å². The molecule has 0 spiro atoms. The third-order valence-electron chi connectivity index (χ3n) is 3.73. The first-order chi connectivity index (χ1) is 11.1. The number of benzene rings is 1. The number of carboxylic acid groups (broad SMARTS) is 1. The zero-order valence-electron chi connectivity index (χ0n) is 12.9. The molecular formula is C18H17NO4. The minimum atomic E-state index is -0.927. The second kappa shape index (κ2) is 6.12. The van der Waals surface area contributed by atoms with Gasteiger partial charge in [-0.25, -0.2) is 4.98 Å². The summed E-state index contributed by atoms with van der Waals surface area (Å²) in [5, 5.41) is 9.45. The van der Waals surface area contributed by atoms with E-state index in [-0.39, 0.29) is 0 Å². The van der Waals surface area contributed by atoms with Gasteiger partial charge in [0.1, 0.15) is 11.6 Å². The first kappa shape index (κ1) is 15.1. The Labute approximate surface area is 133 Å². The molecule has 23 heavy (non-hydrogen) atoms. The molecule has 0 saturated carbocycles. The molecule has 0 aliphatic rings. The molecule has 3 aromatic rings. The molecule has 0 aliphatic heterocycles. The quantitative estimate of drug-likeness (QED) is 0.751. The summed E-state index contributed by atoms with van der Waals surface area (Å²) in [6, 6.07) is 11.2. The van der Waals surface area contributed by atoms with Gasteiger partial charge in [0.25, 0.3) is 0 Å². The van der Waals surface area contributed by atoms with Crippen LogP contribution in [0.25, 0.3) is 23.0 Å². The van der Waals surface area contributed by atoms with Crippen molar-refractivity contribution >= 4 is 5.97 Å². The number of oxazole rings is 1. The molecule has 0 radical (unpaired) electrons. The van der Waals surface area contributed by atoms with Crippen LogP contribution in [0.5, 0.6) is 0 Å². The highest BCUT2D eigenvalue weighted by Gasteiger charge is 2.28. The summed E-state index contributed by atoms with van der Waals surface area (Å²) in [6.45, 7) is 3.81. The van der Waals surface area contributed by atoms with Crippen LogP contribution in [0.3, 0.4) is 0 Å². The van der Waals surface area contributed by atoms with Crippen LogP contribution in [-0.4, -0.2) is 16.1 Å². The summed E-state index contributed by atoms with van der Waals surface area (Å²) in [5.41, 5.74) is 2.32. The molecule has 118 valence electrons. The van der Waals surface area contributed by atoms with Gasteiger partial charge in [0.15, 0.2) is 11.5 Å². The fraction of sp³-hybridized carbons (Fsp3) is 0.222. The second-order valence-corrected chi connectivity index (χ2v) is 5.38. The number of carbonyl (C=O) groups is 1. The summed E-state index contributed by atoms with van der Waals surface area (Å²) >= 11 is 0. The predicted octanol–water partition coefficient (Wildman–Crippen LogP) is 4.49. The van der Waals surface area contributed by atoms with Crippen LogP contribution in [0.1, 0.15) is 30.5 Å². The lowest BCUT2D eigenvalue weighted by atomic mass is 10.0. The Hall–Kier alpha value is -2.82. The normalized spacial score (nSPS) is 12.3. The van der Waals surface area contributed by atoms with Crippen molar-refractivity contribution in [3.63, 3.8) is 0 Å². The number of hydrogen-bond acceptors (Lipinski definition) is 4. The highest BCUT2D eigenvalue weighted by molar-refractivity contribution is 5.78. The molecule has 0 aliphatic carbocycles. The van der Waals surface area contributed by atoms with Crippen LogP contribution in [0.4, 0.5) is 0 Å². The minimum Gasteiger partial charge on any atom is -0.481 e. The first-order valence-electron chi connectivity index (χ1n) is 7.44. The van der Waals surface area contributed by atoms with E-state index in [2.05, 4.69) is 4.98 Å². The van der Waals surface area contributed by atoms with Gasteiger partial charge in [-0.2, -0.15) is 0 Å². The van der Waals surface area contributed by atoms with E-state index >= 15 is 0 Å². The number of furan rings is 1. The number of aromatic nitrogens is 1. The molecule has 0 saturated heterocycles. The standard InChI is InChI=1S/C18H17NO4/c1-3-13(18(20)21)15-16(14-5-4-10-22-14)23-17(19-15)12-8-6-11(2)7-9-12/h4-10,13H,3H2,1-2H3,(H,20,21). The van der Waals surface area contributed by atoms with E-state index in [1.54, 1.807) is 12.1 Å². The summed E-state index contributed by atoms with van der Waals surface area (Å²) in [5.74, 6) is -0.418. The van der Waals surface area contributed by atoms with Crippen molar-refractivity contribution in [3.8, 4) is 23.0 Å². The lowest BCUT2D eigenvalue weighted by molar-refractivity contribution is -0.138. The fourth-order valence-corrected chi connectivity index (χ4v) is 2.46. The lowest BCUT2D eigenvalue weighted by Gasteiger charge is -2.06. The van der Waals surface area contributed by atoms with Crippen molar-refractivity contribution in [2.45, 2.75) is 26.2 Å². The fourth-order valence-electron chi connectivity index (χ4n) is 2.46. The van der Waals surface area contributed by atoms with Gasteiger partial charge >= 0.3 is 5.97 Å². The molecule has 2 aromatic heterocycles. The number of rotatable bonds is 5. The van der Waals surface area contributed by atoms with E-state index in [1.165, 1.54) is 6.26 Å². The van der Waals surface area contributed by atoms with E-state index in [0.717, 1.165) is 11.1 Å². The first-order valence-corrected chi connectivity index (χ1v) is 7.44. The summed E-state index contributed by atoms with van der Waals surface area (Å²) in [6.07, 6.45) is 1.94. The number of nitrogens with zero attached hydrogens (tertiary/aromatic N) is 1. The molecule has 0 amide bonds. The molecule has 1 N–H and O–H groups in total. The molecule has 0 fully saturated rings. The zero-order chi connectivity index (χ0) is 16.4. The van der Waals surface area contributed by atoms with Crippen molar-refractivity contribution in [1.29, 1.82) is 0 Å². The highest BCUT2D eigenvalue weighted by Crippen LogP contribution is 2.35. The molecule has 5 heteroatoms. The number of hydrogen-bond donors (Lipinski definition) is 1. The van der Waals surface area contributed by atoms with E-state index in [9.17, 15) is 9.90 Å². The Balaban J connectivity index is 2.13. The second-order valence-electron chi connectivity index (χ2n) is 5.38. The average molecular weight is 311 g/mol. The Kier molecular flexibility index (Phi) is 4.02. The molecule has 1 unspecified atom stereocenters. The molecule has 5 nitrogen and oxygen atoms in total. The van der Waals surface area contributed by atoms with Gasteiger partial charge in [0.2, 0.25) is 5.89 Å². The maximum atomic E-state index is 11.5. The topological polar surface area (TPSA) is 76.5 Å². The molecule has 0 bridgehead atoms. The number of aliphatic carboxylic acids is 1. The van der Waals surface area contributed by atoms with Crippen LogP contribution in [-0.2, 0) is 4.79 Å². The van der Waals surface area contributed by atoms with E-state index in [1.807, 2.05) is 38.1 Å². The largest absolute Gasteiger partial charge is 0.481 e. The van der Waals surface area contributed by atoms with Crippen LogP contribution < -0.4 is 0 Å². The highest BCUT2D eigenvalue weighted by atomic mass is 16.4. The molecule has 1 atom stereocenters. The molecule has 3 rings (SSSR count). The monoisotopic (exact) mass is 311 g/mol. The van der Waals surface area contributed by atoms with Crippen LogP contribution in [0, 0.1) is 6.92 Å². The SMILES string of the molecule is CCC(C(=O)O)c1nc(-c2ccc(C)cc2)oc1-c1ccco1. The van der Waals surface area contributed by atoms with Gasteiger partial charge in [-0.1, -0.05) is 24.6 Å². The molecule has 1 aromatic carbocycles. The van der Waals surface area contributed by atoms with Crippen LogP contribution in [0.2, 0.25) is 0 Å². The Morgan fingerprint density at radius 3 is 2.57 bits per heavy atom. The van der Waals surface area contributed by atoms with E-state index in [0.29, 0.717) is 29.5 Å². The van der Waals surface area contributed by atoms with Gasteiger partial charge < -0.3 is 13.9 Å². The van der Waals surface area contributed by atoms with Crippen LogP contribution in [0.15, 0.2) is 51.5 Å². The maximum absolute atomic E-state index is 11.5. The Morgan fingerprint density at radius 1 is 1.26 bits per heavy atom. The lowest BCUT2D eigenvalue weighted by Crippen LogP contribution is -2.11. The number of aryl methyl sites for hydroxylation is 1. The zero-order valence-corrected chi connectivity index (χ0v) is 12.9. The van der Waals surface area contributed by atoms with Gasteiger partial charge in [-0.3, -0.25) is 4.79 Å². The van der Waals surface area contributed by atoms with Crippen molar-refractivity contribution in [2.24, 2.45) is 0 Å². The van der Waals surface area contributed by atoms with Crippen LogP contribution >= 0.6 is 0 Å². The van der Waals surface area contributed by atoms with Crippen molar-refractivity contribution < 1.29 is 18.7 Å². The summed E-state index contributed by atoms with van der Waals surface area (Å²) in [4.78, 5) is 16.0. The van der Waals surface area contributed by atoms with Gasteiger partial charge in [0.05, 0.1) is 6.26 Å². The van der Waals surface area contributed by atoms with Crippen molar-refractivity contribution in [3.05, 3.63) is 53.9 Å². The maximum Gasteiger partial charge on any atom is 0.312 e. The third kappa shape index (κ3) is 2.90. The van der Waals surface area contributed by atoms with Gasteiger partial charge in [-0.15, -0.1) is 0 Å². The minimum absolute atomic E-state index is 0.375. The summed E-state index contributed by atoms with van der Waals surface area (Å²) < 4.78 is 11.2. The number of carboxylic acids is 1. The van der Waals surface area contributed by atoms with Gasteiger partial charge in [0, 0.05) is 5.56 Å². The Morgan fingerprint density at radius 2 is 2.00 bits per heavy atom. The predicted molar refractivity (Wildman–Crippen MR) is 85.0 cm³/mol. The van der Waals surface area contributed by atoms with E-state index in [4.69, 9.17) is 8.83 Å². The van der Waals surface area contributed by atoms with E-state index < -0.39 is 11.9 Å².